The fraction of sp³-hybridized carbons (Fsp3) is 0.429. The van der Waals surface area contributed by atoms with Gasteiger partial charge in [-0.3, -0.25) is 9.59 Å². The molecule has 0 bridgehead atoms. The maximum atomic E-state index is 12.7. The number of benzene rings is 1. The van der Waals surface area contributed by atoms with Crippen molar-refractivity contribution in [1.82, 2.24) is 0 Å². The second kappa shape index (κ2) is 6.87. The van der Waals surface area contributed by atoms with Crippen molar-refractivity contribution < 1.29 is 19.1 Å². The number of halogens is 1. The van der Waals surface area contributed by atoms with Gasteiger partial charge in [0.05, 0.1) is 0 Å². The zero-order valence-corrected chi connectivity index (χ0v) is 11.0. The van der Waals surface area contributed by atoms with Crippen molar-refractivity contribution in [2.45, 2.75) is 26.7 Å². The van der Waals surface area contributed by atoms with Crippen LogP contribution in [0.3, 0.4) is 0 Å². The van der Waals surface area contributed by atoms with Gasteiger partial charge in [0.25, 0.3) is 0 Å². The molecule has 0 saturated carbocycles. The topological polar surface area (TPSA) is 66.4 Å². The van der Waals surface area contributed by atoms with Crippen molar-refractivity contribution in [3.63, 3.8) is 0 Å². The SMILES string of the molecule is CC(C)C(CCC(=O)O)C(=O)Nc1ccc(F)cc1. The third-order valence-corrected chi connectivity index (χ3v) is 2.92. The minimum absolute atomic E-state index is 0.0415. The molecule has 0 aliphatic heterocycles. The molecule has 0 aliphatic rings. The lowest BCUT2D eigenvalue weighted by Gasteiger charge is -2.19. The van der Waals surface area contributed by atoms with E-state index in [0.29, 0.717) is 12.1 Å². The summed E-state index contributed by atoms with van der Waals surface area (Å²) in [4.78, 5) is 22.6. The third kappa shape index (κ3) is 5.07. The average Bonchev–Trinajstić information content (AvgIpc) is 2.31. The van der Waals surface area contributed by atoms with Crippen molar-refractivity contribution in [2.75, 3.05) is 5.32 Å². The quantitative estimate of drug-likeness (QED) is 0.832. The van der Waals surface area contributed by atoms with E-state index in [1.54, 1.807) is 0 Å². The summed E-state index contributed by atoms with van der Waals surface area (Å²) in [5.74, 6) is -1.85. The summed E-state index contributed by atoms with van der Waals surface area (Å²) in [6.07, 6.45) is 0.250. The van der Waals surface area contributed by atoms with E-state index < -0.39 is 5.97 Å². The van der Waals surface area contributed by atoms with E-state index in [1.807, 2.05) is 13.8 Å². The number of rotatable bonds is 6. The van der Waals surface area contributed by atoms with Gasteiger partial charge in [0.15, 0.2) is 0 Å². The zero-order chi connectivity index (χ0) is 14.4. The Hall–Kier alpha value is -1.91. The number of carboxylic acid groups (broad SMARTS) is 1. The van der Waals surface area contributed by atoms with Crippen LogP contribution in [0.5, 0.6) is 0 Å². The van der Waals surface area contributed by atoms with Crippen LogP contribution in [0.15, 0.2) is 24.3 Å². The molecule has 104 valence electrons. The van der Waals surface area contributed by atoms with Crippen LogP contribution in [0.4, 0.5) is 10.1 Å². The van der Waals surface area contributed by atoms with E-state index in [-0.39, 0.29) is 30.0 Å². The largest absolute Gasteiger partial charge is 0.481 e. The minimum Gasteiger partial charge on any atom is -0.481 e. The first kappa shape index (κ1) is 15.1. The summed E-state index contributed by atoms with van der Waals surface area (Å²) < 4.78 is 12.7. The number of anilines is 1. The van der Waals surface area contributed by atoms with Gasteiger partial charge in [0.2, 0.25) is 5.91 Å². The van der Waals surface area contributed by atoms with Crippen LogP contribution in [-0.4, -0.2) is 17.0 Å². The van der Waals surface area contributed by atoms with E-state index in [9.17, 15) is 14.0 Å². The van der Waals surface area contributed by atoms with Gasteiger partial charge in [0.1, 0.15) is 5.82 Å². The molecule has 0 fully saturated rings. The van der Waals surface area contributed by atoms with Crippen molar-refractivity contribution >= 4 is 17.6 Å². The Morgan fingerprint density at radius 3 is 2.32 bits per heavy atom. The van der Waals surface area contributed by atoms with Gasteiger partial charge in [-0.1, -0.05) is 13.8 Å². The van der Waals surface area contributed by atoms with Crippen LogP contribution < -0.4 is 5.32 Å². The minimum atomic E-state index is -0.916. The number of aliphatic carboxylic acids is 1. The summed E-state index contributed by atoms with van der Waals surface area (Å²) in [6, 6.07) is 5.47. The first-order chi connectivity index (χ1) is 8.90. The van der Waals surface area contributed by atoms with E-state index in [0.717, 1.165) is 0 Å². The van der Waals surface area contributed by atoms with Crippen LogP contribution in [0.1, 0.15) is 26.7 Å². The normalized spacial score (nSPS) is 12.2. The predicted octanol–water partition coefficient (Wildman–Crippen LogP) is 2.90. The third-order valence-electron chi connectivity index (χ3n) is 2.92. The van der Waals surface area contributed by atoms with Crippen LogP contribution in [0, 0.1) is 17.7 Å². The molecule has 0 saturated heterocycles. The molecule has 4 nitrogen and oxygen atoms in total. The summed E-state index contributed by atoms with van der Waals surface area (Å²) in [5, 5.41) is 11.3. The molecule has 1 amide bonds. The van der Waals surface area contributed by atoms with Gasteiger partial charge >= 0.3 is 5.97 Å². The van der Waals surface area contributed by atoms with Crippen LogP contribution in [0.2, 0.25) is 0 Å². The van der Waals surface area contributed by atoms with Gasteiger partial charge in [-0.2, -0.15) is 0 Å². The number of hydrogen-bond acceptors (Lipinski definition) is 2. The average molecular weight is 267 g/mol. The number of nitrogens with one attached hydrogen (secondary N) is 1. The summed E-state index contributed by atoms with van der Waals surface area (Å²) in [6.45, 7) is 3.74. The Morgan fingerprint density at radius 1 is 1.26 bits per heavy atom. The Labute approximate surface area is 111 Å². The van der Waals surface area contributed by atoms with Crippen molar-refractivity contribution in [2.24, 2.45) is 11.8 Å². The first-order valence-electron chi connectivity index (χ1n) is 6.18. The maximum absolute atomic E-state index is 12.7. The lowest BCUT2D eigenvalue weighted by molar-refractivity contribution is -0.137. The van der Waals surface area contributed by atoms with Crippen LogP contribution in [-0.2, 0) is 9.59 Å². The molecule has 0 radical (unpaired) electrons. The molecule has 0 heterocycles. The van der Waals surface area contributed by atoms with Gasteiger partial charge in [-0.15, -0.1) is 0 Å². The Morgan fingerprint density at radius 2 is 1.84 bits per heavy atom. The van der Waals surface area contributed by atoms with E-state index in [2.05, 4.69) is 5.32 Å². The monoisotopic (exact) mass is 267 g/mol. The molecule has 1 rings (SSSR count). The van der Waals surface area contributed by atoms with Gasteiger partial charge in [-0.25, -0.2) is 4.39 Å². The highest BCUT2D eigenvalue weighted by Gasteiger charge is 2.23. The van der Waals surface area contributed by atoms with Gasteiger partial charge < -0.3 is 10.4 Å². The molecule has 0 spiro atoms. The lowest BCUT2D eigenvalue weighted by atomic mass is 9.90. The first-order valence-corrected chi connectivity index (χ1v) is 6.18. The highest BCUT2D eigenvalue weighted by atomic mass is 19.1. The summed E-state index contributed by atoms with van der Waals surface area (Å²) in [7, 11) is 0. The fourth-order valence-electron chi connectivity index (χ4n) is 1.81. The summed E-state index contributed by atoms with van der Waals surface area (Å²) >= 11 is 0. The predicted molar refractivity (Wildman–Crippen MR) is 70.2 cm³/mol. The molecule has 1 aromatic carbocycles. The number of carboxylic acids is 1. The Bertz CT molecular complexity index is 443. The molecule has 0 aromatic heterocycles. The highest BCUT2D eigenvalue weighted by molar-refractivity contribution is 5.92. The molecule has 0 aliphatic carbocycles. The number of carbonyl (C=O) groups excluding carboxylic acids is 1. The van der Waals surface area contributed by atoms with Crippen molar-refractivity contribution in [1.29, 1.82) is 0 Å². The number of hydrogen-bond donors (Lipinski definition) is 2. The summed E-state index contributed by atoms with van der Waals surface area (Å²) in [5.41, 5.74) is 0.507. The molecule has 19 heavy (non-hydrogen) atoms. The number of amides is 1. The Kier molecular flexibility index (Phi) is 5.48. The molecule has 1 unspecified atom stereocenters. The lowest BCUT2D eigenvalue weighted by Crippen LogP contribution is -2.27. The van der Waals surface area contributed by atoms with Gasteiger partial charge in [0, 0.05) is 18.0 Å². The Balaban J connectivity index is 2.66. The van der Waals surface area contributed by atoms with Gasteiger partial charge in [-0.05, 0) is 36.6 Å². The van der Waals surface area contributed by atoms with E-state index in [4.69, 9.17) is 5.11 Å². The van der Waals surface area contributed by atoms with Crippen LogP contribution in [0.25, 0.3) is 0 Å². The standard InChI is InChI=1S/C14H18FNO3/c1-9(2)12(7-8-13(17)18)14(19)16-11-5-3-10(15)4-6-11/h3-6,9,12H,7-8H2,1-2H3,(H,16,19)(H,17,18). The number of carbonyl (C=O) groups is 2. The van der Waals surface area contributed by atoms with Crippen molar-refractivity contribution in [3.05, 3.63) is 30.1 Å². The zero-order valence-electron chi connectivity index (χ0n) is 11.0. The van der Waals surface area contributed by atoms with E-state index in [1.165, 1.54) is 24.3 Å². The maximum Gasteiger partial charge on any atom is 0.303 e. The second-order valence-corrected chi connectivity index (χ2v) is 4.78. The van der Waals surface area contributed by atoms with Crippen LogP contribution >= 0.6 is 0 Å². The smallest absolute Gasteiger partial charge is 0.303 e. The van der Waals surface area contributed by atoms with Crippen molar-refractivity contribution in [3.8, 4) is 0 Å². The van der Waals surface area contributed by atoms with E-state index >= 15 is 0 Å². The molecule has 1 aromatic rings. The fourth-order valence-corrected chi connectivity index (χ4v) is 1.81. The molecule has 5 heteroatoms. The molecular formula is C14H18FNO3. The highest BCUT2D eigenvalue weighted by Crippen LogP contribution is 2.20. The molecule has 2 N–H and O–H groups in total. The molecular weight excluding hydrogens is 249 g/mol. The molecule has 1 atom stereocenters. The second-order valence-electron chi connectivity index (χ2n) is 4.78.